The molecule has 0 saturated carbocycles. The van der Waals surface area contributed by atoms with Gasteiger partial charge in [0.1, 0.15) is 5.75 Å². The number of benzene rings is 1. The van der Waals surface area contributed by atoms with Gasteiger partial charge in [0.25, 0.3) is 0 Å². The van der Waals surface area contributed by atoms with Gasteiger partial charge in [0, 0.05) is 19.6 Å². The van der Waals surface area contributed by atoms with Crippen LogP contribution in [0, 0.1) is 0 Å². The highest BCUT2D eigenvalue weighted by Gasteiger charge is 2.13. The second-order valence-electron chi connectivity index (χ2n) is 4.77. The Morgan fingerprint density at radius 3 is 2.48 bits per heavy atom. The van der Waals surface area contributed by atoms with Crippen molar-refractivity contribution in [3.8, 4) is 5.75 Å². The molecule has 0 amide bonds. The van der Waals surface area contributed by atoms with E-state index in [1.807, 2.05) is 6.92 Å². The lowest BCUT2D eigenvalue weighted by molar-refractivity contribution is 0.192. The van der Waals surface area contributed by atoms with E-state index >= 15 is 0 Å². The number of aliphatic hydroxyl groups is 1. The maximum absolute atomic E-state index is 12.0. The number of nitrogens with one attached hydrogen (secondary N) is 2. The van der Waals surface area contributed by atoms with Crippen LogP contribution in [0.5, 0.6) is 5.75 Å². The van der Waals surface area contributed by atoms with Gasteiger partial charge >= 0.3 is 0 Å². The van der Waals surface area contributed by atoms with Crippen molar-refractivity contribution in [2.75, 3.05) is 26.2 Å². The lowest BCUT2D eigenvalue weighted by Gasteiger charge is -2.10. The average molecular weight is 316 g/mol. The fourth-order valence-electron chi connectivity index (χ4n) is 1.60. The summed E-state index contributed by atoms with van der Waals surface area (Å²) in [5.41, 5.74) is 0. The summed E-state index contributed by atoms with van der Waals surface area (Å²) in [6.45, 7) is 5.45. The minimum Gasteiger partial charge on any atom is -0.494 e. The van der Waals surface area contributed by atoms with E-state index in [1.54, 1.807) is 19.1 Å². The van der Waals surface area contributed by atoms with Crippen LogP contribution in [-0.4, -0.2) is 45.9 Å². The summed E-state index contributed by atoms with van der Waals surface area (Å²) in [4.78, 5) is 0.210. The van der Waals surface area contributed by atoms with Crippen LogP contribution in [0.15, 0.2) is 29.2 Å². The Kier molecular flexibility index (Phi) is 7.66. The molecule has 0 aliphatic carbocycles. The molecule has 0 radical (unpaired) electrons. The van der Waals surface area contributed by atoms with Gasteiger partial charge in [-0.2, -0.15) is 0 Å². The molecule has 0 aromatic heterocycles. The molecule has 21 heavy (non-hydrogen) atoms. The highest BCUT2D eigenvalue weighted by atomic mass is 32.2. The van der Waals surface area contributed by atoms with E-state index in [4.69, 9.17) is 9.84 Å². The van der Waals surface area contributed by atoms with Crippen molar-refractivity contribution in [3.63, 3.8) is 0 Å². The molecule has 0 bridgehead atoms. The fourth-order valence-corrected chi connectivity index (χ4v) is 2.63. The normalized spacial score (nSPS) is 13.1. The second kappa shape index (κ2) is 8.99. The molecule has 1 aromatic rings. The molecule has 0 spiro atoms. The number of hydrogen-bond donors (Lipinski definition) is 3. The van der Waals surface area contributed by atoms with Crippen LogP contribution in [0.2, 0.25) is 0 Å². The molecule has 1 aromatic carbocycles. The van der Waals surface area contributed by atoms with Crippen molar-refractivity contribution in [1.29, 1.82) is 0 Å². The van der Waals surface area contributed by atoms with Crippen molar-refractivity contribution >= 4 is 10.0 Å². The molecule has 0 aliphatic rings. The Morgan fingerprint density at radius 2 is 1.90 bits per heavy atom. The van der Waals surface area contributed by atoms with E-state index in [2.05, 4.69) is 10.0 Å². The van der Waals surface area contributed by atoms with Gasteiger partial charge in [0.2, 0.25) is 10.0 Å². The van der Waals surface area contributed by atoms with Crippen molar-refractivity contribution in [2.45, 2.75) is 31.3 Å². The smallest absolute Gasteiger partial charge is 0.240 e. The van der Waals surface area contributed by atoms with E-state index in [0.29, 0.717) is 25.4 Å². The minimum absolute atomic E-state index is 0.210. The third kappa shape index (κ3) is 6.90. The molecular weight excluding hydrogens is 292 g/mol. The topological polar surface area (TPSA) is 87.7 Å². The largest absolute Gasteiger partial charge is 0.494 e. The van der Waals surface area contributed by atoms with Gasteiger partial charge in [-0.3, -0.25) is 0 Å². The van der Waals surface area contributed by atoms with Crippen LogP contribution < -0.4 is 14.8 Å². The van der Waals surface area contributed by atoms with E-state index in [-0.39, 0.29) is 11.4 Å². The molecule has 7 heteroatoms. The first-order valence-electron chi connectivity index (χ1n) is 7.07. The third-order valence-electron chi connectivity index (χ3n) is 2.64. The summed E-state index contributed by atoms with van der Waals surface area (Å²) >= 11 is 0. The summed E-state index contributed by atoms with van der Waals surface area (Å²) in [5.74, 6) is 0.661. The van der Waals surface area contributed by atoms with E-state index in [0.717, 1.165) is 6.42 Å². The van der Waals surface area contributed by atoms with E-state index < -0.39 is 16.1 Å². The zero-order valence-corrected chi connectivity index (χ0v) is 13.3. The van der Waals surface area contributed by atoms with Gasteiger partial charge in [-0.25, -0.2) is 13.1 Å². The van der Waals surface area contributed by atoms with Gasteiger partial charge in [-0.1, -0.05) is 6.92 Å². The second-order valence-corrected chi connectivity index (χ2v) is 6.54. The van der Waals surface area contributed by atoms with Crippen LogP contribution >= 0.6 is 0 Å². The summed E-state index contributed by atoms with van der Waals surface area (Å²) in [5, 5.41) is 12.0. The van der Waals surface area contributed by atoms with E-state index in [9.17, 15) is 8.42 Å². The van der Waals surface area contributed by atoms with Gasteiger partial charge in [0.05, 0.1) is 17.6 Å². The number of aliphatic hydroxyl groups excluding tert-OH is 1. The van der Waals surface area contributed by atoms with Gasteiger partial charge in [0.15, 0.2) is 0 Å². The summed E-state index contributed by atoms with van der Waals surface area (Å²) in [7, 11) is -3.51. The third-order valence-corrected chi connectivity index (χ3v) is 4.12. The predicted molar refractivity (Wildman–Crippen MR) is 82.0 cm³/mol. The van der Waals surface area contributed by atoms with Crippen LogP contribution in [0.4, 0.5) is 0 Å². The molecule has 0 saturated heterocycles. The predicted octanol–water partition coefficient (Wildman–Crippen LogP) is 0.724. The molecular formula is C14H24N2O4S. The number of ether oxygens (including phenoxy) is 1. The molecule has 1 atom stereocenters. The molecule has 0 aliphatic heterocycles. The van der Waals surface area contributed by atoms with Crippen LogP contribution in [0.3, 0.4) is 0 Å². The Balaban J connectivity index is 2.46. The fraction of sp³-hybridized carbons (Fsp3) is 0.571. The van der Waals surface area contributed by atoms with E-state index in [1.165, 1.54) is 12.1 Å². The highest BCUT2D eigenvalue weighted by molar-refractivity contribution is 7.89. The Labute approximate surface area is 126 Å². The summed E-state index contributed by atoms with van der Waals surface area (Å²) in [6.07, 6.45) is 0.457. The molecule has 3 N–H and O–H groups in total. The maximum atomic E-state index is 12.0. The Morgan fingerprint density at radius 1 is 1.24 bits per heavy atom. The Hall–Kier alpha value is -1.15. The number of rotatable bonds is 10. The van der Waals surface area contributed by atoms with Crippen LogP contribution in [-0.2, 0) is 10.0 Å². The molecule has 1 rings (SSSR count). The highest BCUT2D eigenvalue weighted by Crippen LogP contribution is 2.15. The zero-order chi connectivity index (χ0) is 15.7. The molecule has 6 nitrogen and oxygen atoms in total. The van der Waals surface area contributed by atoms with Crippen molar-refractivity contribution in [1.82, 2.24) is 10.0 Å². The maximum Gasteiger partial charge on any atom is 0.240 e. The quantitative estimate of drug-likeness (QED) is 0.554. The first-order valence-corrected chi connectivity index (χ1v) is 8.55. The van der Waals surface area contributed by atoms with Gasteiger partial charge in [-0.15, -0.1) is 0 Å². The lowest BCUT2D eigenvalue weighted by Crippen LogP contribution is -2.34. The van der Waals surface area contributed by atoms with Gasteiger partial charge < -0.3 is 15.2 Å². The SMILES string of the molecule is CCCOc1ccc(S(=O)(=O)NCCNCC(C)O)cc1. The van der Waals surface area contributed by atoms with Crippen LogP contribution in [0.25, 0.3) is 0 Å². The van der Waals surface area contributed by atoms with Gasteiger partial charge in [-0.05, 0) is 37.6 Å². The minimum atomic E-state index is -3.51. The molecule has 120 valence electrons. The summed E-state index contributed by atoms with van der Waals surface area (Å²) < 4.78 is 32.0. The lowest BCUT2D eigenvalue weighted by atomic mass is 10.3. The first-order chi connectivity index (χ1) is 9.95. The standard InChI is InChI=1S/C14H24N2O4S/c1-3-10-20-13-4-6-14(7-5-13)21(18,19)16-9-8-15-11-12(2)17/h4-7,12,15-17H,3,8-11H2,1-2H3. The summed E-state index contributed by atoms with van der Waals surface area (Å²) in [6, 6.07) is 6.35. The average Bonchev–Trinajstić information content (AvgIpc) is 2.44. The van der Waals surface area contributed by atoms with Crippen molar-refractivity contribution in [2.24, 2.45) is 0 Å². The van der Waals surface area contributed by atoms with Crippen molar-refractivity contribution in [3.05, 3.63) is 24.3 Å². The number of sulfonamides is 1. The molecule has 0 heterocycles. The molecule has 1 unspecified atom stereocenters. The van der Waals surface area contributed by atoms with Crippen molar-refractivity contribution < 1.29 is 18.3 Å². The zero-order valence-electron chi connectivity index (χ0n) is 12.5. The molecule has 0 fully saturated rings. The Bertz CT molecular complexity index is 500. The number of hydrogen-bond acceptors (Lipinski definition) is 5. The van der Waals surface area contributed by atoms with Crippen LogP contribution in [0.1, 0.15) is 20.3 Å². The first kappa shape index (κ1) is 17.9. The monoisotopic (exact) mass is 316 g/mol.